The van der Waals surface area contributed by atoms with Crippen molar-refractivity contribution in [3.63, 3.8) is 0 Å². The Morgan fingerprint density at radius 1 is 0.588 bits per heavy atom. The van der Waals surface area contributed by atoms with Crippen molar-refractivity contribution in [2.45, 2.75) is 13.2 Å². The number of hydrogen-bond donors (Lipinski definition) is 4. The smallest absolute Gasteiger partial charge is 0.319 e. The highest BCUT2D eigenvalue weighted by atomic mass is 16.5. The lowest BCUT2D eigenvalue weighted by Gasteiger charge is -2.28. The molecule has 2 amide bonds. The number of nitrogens with one attached hydrogen (secondary N) is 2. The molecule has 0 radical (unpaired) electrons. The van der Waals surface area contributed by atoms with Crippen molar-refractivity contribution < 1.29 is 23.7 Å². The fourth-order valence-corrected chi connectivity index (χ4v) is 7.46. The number of fused-ring (bicyclic) bond motifs is 2. The van der Waals surface area contributed by atoms with Gasteiger partial charge in [0.05, 0.1) is 52.9 Å². The fourth-order valence-electron chi connectivity index (χ4n) is 7.46. The van der Waals surface area contributed by atoms with Crippen molar-refractivity contribution in [2.75, 3.05) is 99.8 Å². The zero-order valence-corrected chi connectivity index (χ0v) is 38.0. The molecule has 352 valence electrons. The molecule has 8 aromatic rings. The van der Waals surface area contributed by atoms with Crippen molar-refractivity contribution in [1.82, 2.24) is 34.5 Å². The van der Waals surface area contributed by atoms with Crippen LogP contribution in [-0.4, -0.2) is 114 Å². The van der Waals surface area contributed by atoms with E-state index >= 15 is 0 Å². The van der Waals surface area contributed by atoms with Gasteiger partial charge in [-0.05, 0) is 83.9 Å². The first-order valence-electron chi connectivity index (χ1n) is 22.8. The molecule has 17 nitrogen and oxygen atoms in total. The van der Waals surface area contributed by atoms with Crippen LogP contribution in [0.15, 0.2) is 146 Å². The number of nitrogens with two attached hydrogens (primary N) is 2. The quantitative estimate of drug-likeness (QED) is 0.0678. The predicted molar refractivity (Wildman–Crippen MR) is 266 cm³/mol. The van der Waals surface area contributed by atoms with E-state index in [-0.39, 0.29) is 6.03 Å². The zero-order valence-electron chi connectivity index (χ0n) is 38.0. The van der Waals surface area contributed by atoms with Crippen LogP contribution < -0.4 is 31.9 Å². The third-order valence-electron chi connectivity index (χ3n) is 11.0. The van der Waals surface area contributed by atoms with Gasteiger partial charge in [0, 0.05) is 74.2 Å². The minimum absolute atomic E-state index is 0.277. The summed E-state index contributed by atoms with van der Waals surface area (Å²) < 4.78 is 25.5. The second-order valence-electron chi connectivity index (χ2n) is 15.8. The van der Waals surface area contributed by atoms with Gasteiger partial charge in [-0.2, -0.15) is 0 Å². The Labute approximate surface area is 395 Å². The molecular formula is C51H58N12O5. The molecular weight excluding hydrogens is 861 g/mol. The summed E-state index contributed by atoms with van der Waals surface area (Å²) in [5.74, 6) is 3.18. The van der Waals surface area contributed by atoms with Gasteiger partial charge in [0.15, 0.2) is 23.3 Å². The molecule has 2 fully saturated rings. The number of amides is 2. The Hall–Kier alpha value is -7.41. The van der Waals surface area contributed by atoms with Crippen molar-refractivity contribution in [2.24, 2.45) is 5.73 Å². The van der Waals surface area contributed by atoms with E-state index in [2.05, 4.69) is 30.6 Å². The van der Waals surface area contributed by atoms with Gasteiger partial charge in [0.1, 0.15) is 11.0 Å². The number of rotatable bonds is 14. The molecule has 2 saturated heterocycles. The minimum atomic E-state index is -0.277. The molecule has 2 aliphatic rings. The zero-order chi connectivity index (χ0) is 46.8. The molecule has 68 heavy (non-hydrogen) atoms. The van der Waals surface area contributed by atoms with Crippen LogP contribution >= 0.6 is 0 Å². The number of hydrogen-bond acceptors (Lipinski definition) is 13. The highest BCUT2D eigenvalue weighted by Gasteiger charge is 2.20. The maximum absolute atomic E-state index is 12.2. The number of ether oxygens (including phenoxy) is 4. The second-order valence-corrected chi connectivity index (χ2v) is 15.8. The monoisotopic (exact) mass is 918 g/mol. The number of carbonyl (C=O) groups is 1. The van der Waals surface area contributed by atoms with Gasteiger partial charge in [0.2, 0.25) is 0 Å². The van der Waals surface area contributed by atoms with Crippen LogP contribution in [0.2, 0.25) is 0 Å². The number of carbonyl (C=O) groups excluding carboxylic acids is 1. The third kappa shape index (κ3) is 13.1. The van der Waals surface area contributed by atoms with Crippen LogP contribution in [-0.2, 0) is 32.2 Å². The molecule has 2 aliphatic heterocycles. The lowest BCUT2D eigenvalue weighted by Crippen LogP contribution is -2.37. The van der Waals surface area contributed by atoms with Gasteiger partial charge in [-0.3, -0.25) is 0 Å². The molecule has 4 aromatic heterocycles. The normalized spacial score (nSPS) is 13.6. The highest BCUT2D eigenvalue weighted by Crippen LogP contribution is 2.27. The summed E-state index contributed by atoms with van der Waals surface area (Å²) >= 11 is 0. The average Bonchev–Trinajstić information content (AvgIpc) is 4.08. The Bertz CT molecular complexity index is 2760. The molecule has 6 heterocycles. The fraction of sp³-hybridized carbons (Fsp3) is 0.275. The molecule has 0 spiro atoms. The summed E-state index contributed by atoms with van der Waals surface area (Å²) in [5, 5.41) is 14.9. The van der Waals surface area contributed by atoms with E-state index in [9.17, 15) is 4.79 Å². The van der Waals surface area contributed by atoms with Gasteiger partial charge < -0.3 is 50.8 Å². The standard InChI is InChI=1S/C26H28N6O3.C16H17N5O.C9H13NO/c33-26(27-12-16-35-19-20-5-2-1-3-6-20)28-22-10-8-21(9-11-22)24-29-25(31-14-17-34-18-15-31)23-7-4-13-32(23)30-24;17-13-5-3-12(4-6-13)15-18-16(20-8-10-22-11-9-20)14-2-1-7-21(14)19-15;10-6-7-11-8-9-4-2-1-3-5-9/h1-11,13H,12,14-19H2,(H2,27,28,33);1-7H,8-11,17H2;1-5H,6-8,10H2. The number of nitrogens with zero attached hydrogens (tertiary/aromatic N) is 8. The molecule has 0 bridgehead atoms. The molecule has 0 atom stereocenters. The number of morpholine rings is 2. The molecule has 0 aliphatic carbocycles. The summed E-state index contributed by atoms with van der Waals surface area (Å²) in [4.78, 5) is 26.4. The highest BCUT2D eigenvalue weighted by molar-refractivity contribution is 5.89. The van der Waals surface area contributed by atoms with Crippen LogP contribution in [0.4, 0.5) is 27.8 Å². The van der Waals surface area contributed by atoms with Crippen molar-refractivity contribution in [3.8, 4) is 22.8 Å². The summed E-state index contributed by atoms with van der Waals surface area (Å²) in [6, 6.07) is 42.9. The van der Waals surface area contributed by atoms with E-state index in [0.29, 0.717) is 70.1 Å². The molecule has 17 heteroatoms. The van der Waals surface area contributed by atoms with Crippen LogP contribution in [0, 0.1) is 0 Å². The second kappa shape index (κ2) is 24.4. The van der Waals surface area contributed by atoms with Crippen molar-refractivity contribution in [1.29, 1.82) is 0 Å². The number of benzene rings is 4. The van der Waals surface area contributed by atoms with Crippen LogP contribution in [0.1, 0.15) is 11.1 Å². The van der Waals surface area contributed by atoms with Gasteiger partial charge >= 0.3 is 6.03 Å². The van der Waals surface area contributed by atoms with E-state index in [1.165, 1.54) is 5.56 Å². The first-order chi connectivity index (χ1) is 33.5. The lowest BCUT2D eigenvalue weighted by molar-refractivity contribution is 0.122. The Morgan fingerprint density at radius 2 is 1.06 bits per heavy atom. The van der Waals surface area contributed by atoms with Crippen LogP contribution in [0.25, 0.3) is 33.8 Å². The van der Waals surface area contributed by atoms with E-state index < -0.39 is 0 Å². The van der Waals surface area contributed by atoms with Gasteiger partial charge in [-0.1, -0.05) is 60.7 Å². The van der Waals surface area contributed by atoms with Crippen molar-refractivity contribution >= 4 is 40.1 Å². The molecule has 6 N–H and O–H groups in total. The first-order valence-corrected chi connectivity index (χ1v) is 22.8. The van der Waals surface area contributed by atoms with Crippen molar-refractivity contribution in [3.05, 3.63) is 157 Å². The molecule has 0 unspecified atom stereocenters. The molecule has 4 aromatic carbocycles. The van der Waals surface area contributed by atoms with E-state index in [4.69, 9.17) is 40.4 Å². The number of anilines is 4. The predicted octanol–water partition coefficient (Wildman–Crippen LogP) is 6.55. The molecule has 10 rings (SSSR count). The van der Waals surface area contributed by atoms with Gasteiger partial charge in [0.25, 0.3) is 0 Å². The Kier molecular flexibility index (Phi) is 16.9. The Morgan fingerprint density at radius 3 is 1.54 bits per heavy atom. The largest absolute Gasteiger partial charge is 0.399 e. The summed E-state index contributed by atoms with van der Waals surface area (Å²) in [6.45, 7) is 9.40. The number of aromatic nitrogens is 6. The van der Waals surface area contributed by atoms with E-state index in [0.717, 1.165) is 84.4 Å². The lowest BCUT2D eigenvalue weighted by atomic mass is 10.2. The summed E-state index contributed by atoms with van der Waals surface area (Å²) in [7, 11) is 0. The number of urea groups is 1. The minimum Gasteiger partial charge on any atom is -0.399 e. The summed E-state index contributed by atoms with van der Waals surface area (Å²) in [6.07, 6.45) is 3.87. The third-order valence-corrected chi connectivity index (χ3v) is 11.0. The summed E-state index contributed by atoms with van der Waals surface area (Å²) in [5.41, 5.74) is 18.6. The number of nitrogen functional groups attached to an aromatic ring is 1. The van der Waals surface area contributed by atoms with Gasteiger partial charge in [-0.25, -0.2) is 23.8 Å². The average molecular weight is 919 g/mol. The SMILES string of the molecule is NCCOCc1ccccc1.Nc1ccc(-c2nc(N3CCOCC3)c3cccn3n2)cc1.O=C(NCCOCc1ccccc1)Nc1ccc(-c2nc(N3CCOCC3)c3cccn3n2)cc1. The first kappa shape index (κ1) is 47.1. The van der Waals surface area contributed by atoms with E-state index in [1.807, 2.05) is 155 Å². The topological polar surface area (TPSA) is 197 Å². The van der Waals surface area contributed by atoms with Crippen LogP contribution in [0.3, 0.4) is 0 Å². The van der Waals surface area contributed by atoms with E-state index in [1.54, 1.807) is 0 Å². The van der Waals surface area contributed by atoms with Crippen LogP contribution in [0.5, 0.6) is 0 Å². The maximum atomic E-state index is 12.2. The maximum Gasteiger partial charge on any atom is 0.319 e. The Balaban J connectivity index is 0.000000160. The molecule has 0 saturated carbocycles. The van der Waals surface area contributed by atoms with Gasteiger partial charge in [-0.15, -0.1) is 10.2 Å².